The largest absolute Gasteiger partial charge is 0.272 e. The van der Waals surface area contributed by atoms with Gasteiger partial charge in [0.25, 0.3) is 5.69 Å². The van der Waals surface area contributed by atoms with Gasteiger partial charge in [-0.15, -0.1) is 0 Å². The van der Waals surface area contributed by atoms with Crippen molar-refractivity contribution in [2.45, 2.75) is 44.0 Å². The summed E-state index contributed by atoms with van der Waals surface area (Å²) in [5.74, 6) is 0. The van der Waals surface area contributed by atoms with E-state index >= 15 is 0 Å². The Balaban J connectivity index is 1.91. The summed E-state index contributed by atoms with van der Waals surface area (Å²) >= 11 is 0. The van der Waals surface area contributed by atoms with Crippen molar-refractivity contribution in [2.75, 3.05) is 6.54 Å². The highest BCUT2D eigenvalue weighted by atomic mass is 32.2. The van der Waals surface area contributed by atoms with E-state index in [4.69, 9.17) is 0 Å². The highest BCUT2D eigenvalue weighted by molar-refractivity contribution is 7.89. The third-order valence-electron chi connectivity index (χ3n) is 4.94. The second-order valence-corrected chi connectivity index (χ2v) is 8.63. The lowest BCUT2D eigenvalue weighted by Crippen LogP contribution is -2.41. The molecular weight excluding hydrogens is 352 g/mol. The zero-order valence-electron chi connectivity index (χ0n) is 14.9. The summed E-state index contributed by atoms with van der Waals surface area (Å²) in [6.45, 7) is 4.18. The van der Waals surface area contributed by atoms with Crippen LogP contribution in [0.15, 0.2) is 47.4 Å². The first-order chi connectivity index (χ1) is 12.3. The Labute approximate surface area is 153 Å². The maximum absolute atomic E-state index is 12.9. The van der Waals surface area contributed by atoms with Gasteiger partial charge in [-0.05, 0) is 49.9 Å². The van der Waals surface area contributed by atoms with Gasteiger partial charge in [-0.1, -0.05) is 30.7 Å². The van der Waals surface area contributed by atoms with Crippen LogP contribution < -0.4 is 0 Å². The van der Waals surface area contributed by atoms with Gasteiger partial charge in [0.2, 0.25) is 10.0 Å². The average molecular weight is 374 g/mol. The number of rotatable bonds is 4. The Kier molecular flexibility index (Phi) is 5.11. The Morgan fingerprint density at radius 3 is 2.35 bits per heavy atom. The number of nitro groups is 1. The fourth-order valence-electron chi connectivity index (χ4n) is 3.37. The van der Waals surface area contributed by atoms with E-state index in [1.165, 1.54) is 6.07 Å². The number of benzene rings is 2. The van der Waals surface area contributed by atoms with Crippen LogP contribution in [0.3, 0.4) is 0 Å². The minimum atomic E-state index is -3.51. The van der Waals surface area contributed by atoms with E-state index in [1.807, 2.05) is 6.92 Å². The number of piperidine rings is 1. The molecule has 26 heavy (non-hydrogen) atoms. The molecular formula is C19H22N2O4S. The normalized spacial score (nSPS) is 18.6. The number of hydrogen-bond acceptors (Lipinski definition) is 4. The molecule has 0 aromatic heterocycles. The van der Waals surface area contributed by atoms with E-state index in [2.05, 4.69) is 0 Å². The van der Waals surface area contributed by atoms with E-state index in [1.54, 1.807) is 47.6 Å². The smallest absolute Gasteiger partial charge is 0.258 e. The summed E-state index contributed by atoms with van der Waals surface area (Å²) in [5.41, 5.74) is 2.09. The molecule has 0 aliphatic carbocycles. The summed E-state index contributed by atoms with van der Waals surface area (Å²) in [4.78, 5) is 11.0. The standard InChI is InChI=1S/C19H22N2O4S/c1-14-6-7-17(13-19(14)21(22)23)16-8-10-18(11-9-16)26(24,25)20-12-4-3-5-15(20)2/h6-11,13,15H,3-5,12H2,1-2H3. The number of nitrogens with zero attached hydrogens (tertiary/aromatic N) is 2. The van der Waals surface area contributed by atoms with Crippen LogP contribution in [-0.4, -0.2) is 30.2 Å². The van der Waals surface area contributed by atoms with Gasteiger partial charge in [-0.3, -0.25) is 10.1 Å². The van der Waals surface area contributed by atoms with Crippen molar-refractivity contribution in [3.05, 3.63) is 58.1 Å². The Morgan fingerprint density at radius 2 is 1.73 bits per heavy atom. The fourth-order valence-corrected chi connectivity index (χ4v) is 5.07. The van der Waals surface area contributed by atoms with E-state index in [-0.39, 0.29) is 16.6 Å². The first kappa shape index (κ1) is 18.5. The Bertz CT molecular complexity index is 923. The second kappa shape index (κ2) is 7.17. The van der Waals surface area contributed by atoms with Crippen LogP contribution in [0.25, 0.3) is 11.1 Å². The van der Waals surface area contributed by atoms with E-state index in [0.29, 0.717) is 17.7 Å². The van der Waals surface area contributed by atoms with Crippen molar-refractivity contribution in [3.8, 4) is 11.1 Å². The zero-order valence-corrected chi connectivity index (χ0v) is 15.7. The lowest BCUT2D eigenvalue weighted by molar-refractivity contribution is -0.385. The van der Waals surface area contributed by atoms with Gasteiger partial charge >= 0.3 is 0 Å². The zero-order chi connectivity index (χ0) is 18.9. The van der Waals surface area contributed by atoms with Crippen LogP contribution in [0, 0.1) is 17.0 Å². The molecule has 1 unspecified atom stereocenters. The van der Waals surface area contributed by atoms with Crippen molar-refractivity contribution in [2.24, 2.45) is 0 Å². The number of sulfonamides is 1. The summed E-state index contributed by atoms with van der Waals surface area (Å²) < 4.78 is 27.3. The van der Waals surface area contributed by atoms with E-state index in [0.717, 1.165) is 24.8 Å². The van der Waals surface area contributed by atoms with Crippen molar-refractivity contribution in [3.63, 3.8) is 0 Å². The first-order valence-corrected chi connectivity index (χ1v) is 10.1. The number of aryl methyl sites for hydroxylation is 1. The maximum atomic E-state index is 12.9. The number of nitro benzene ring substituents is 1. The average Bonchev–Trinajstić information content (AvgIpc) is 2.62. The lowest BCUT2D eigenvalue weighted by Gasteiger charge is -2.32. The van der Waals surface area contributed by atoms with Gasteiger partial charge in [0, 0.05) is 24.2 Å². The van der Waals surface area contributed by atoms with Crippen LogP contribution in [0.1, 0.15) is 31.7 Å². The molecule has 0 radical (unpaired) electrons. The minimum Gasteiger partial charge on any atom is -0.258 e. The van der Waals surface area contributed by atoms with Crippen molar-refractivity contribution < 1.29 is 13.3 Å². The van der Waals surface area contributed by atoms with E-state index in [9.17, 15) is 18.5 Å². The molecule has 7 heteroatoms. The van der Waals surface area contributed by atoms with Gasteiger partial charge in [0.1, 0.15) is 0 Å². The molecule has 1 heterocycles. The highest BCUT2D eigenvalue weighted by Gasteiger charge is 2.30. The van der Waals surface area contributed by atoms with Crippen LogP contribution >= 0.6 is 0 Å². The minimum absolute atomic E-state index is 0.00757. The highest BCUT2D eigenvalue weighted by Crippen LogP contribution is 2.29. The fraction of sp³-hybridized carbons (Fsp3) is 0.368. The summed E-state index contributed by atoms with van der Waals surface area (Å²) in [6.07, 6.45) is 2.82. The van der Waals surface area contributed by atoms with Gasteiger partial charge in [0.05, 0.1) is 9.82 Å². The molecule has 1 aliphatic rings. The Hall–Kier alpha value is -2.25. The third-order valence-corrected chi connectivity index (χ3v) is 6.97. The predicted molar refractivity (Wildman–Crippen MR) is 100 cm³/mol. The van der Waals surface area contributed by atoms with Crippen molar-refractivity contribution in [1.82, 2.24) is 4.31 Å². The van der Waals surface area contributed by atoms with Crippen LogP contribution in [-0.2, 0) is 10.0 Å². The molecule has 0 amide bonds. The monoisotopic (exact) mass is 374 g/mol. The van der Waals surface area contributed by atoms with Gasteiger partial charge in [-0.25, -0.2) is 8.42 Å². The van der Waals surface area contributed by atoms with Crippen LogP contribution in [0.5, 0.6) is 0 Å². The quantitative estimate of drug-likeness (QED) is 0.595. The molecule has 1 aliphatic heterocycles. The van der Waals surface area contributed by atoms with Crippen LogP contribution in [0.2, 0.25) is 0 Å². The molecule has 1 saturated heterocycles. The van der Waals surface area contributed by atoms with Crippen molar-refractivity contribution in [1.29, 1.82) is 0 Å². The maximum Gasteiger partial charge on any atom is 0.272 e. The molecule has 2 aromatic rings. The molecule has 1 atom stereocenters. The van der Waals surface area contributed by atoms with Gasteiger partial charge < -0.3 is 0 Å². The Morgan fingerprint density at radius 1 is 1.08 bits per heavy atom. The topological polar surface area (TPSA) is 80.5 Å². The molecule has 1 fully saturated rings. The molecule has 2 aromatic carbocycles. The third kappa shape index (κ3) is 3.50. The lowest BCUT2D eigenvalue weighted by atomic mass is 10.0. The van der Waals surface area contributed by atoms with Gasteiger partial charge in [0.15, 0.2) is 0 Å². The first-order valence-electron chi connectivity index (χ1n) is 8.68. The molecule has 3 rings (SSSR count). The summed E-state index contributed by atoms with van der Waals surface area (Å²) in [7, 11) is -3.51. The molecule has 0 N–H and O–H groups in total. The van der Waals surface area contributed by atoms with Crippen molar-refractivity contribution >= 4 is 15.7 Å². The predicted octanol–water partition coefficient (Wildman–Crippen LogP) is 4.13. The molecule has 0 bridgehead atoms. The van der Waals surface area contributed by atoms with Crippen LogP contribution in [0.4, 0.5) is 5.69 Å². The molecule has 6 nitrogen and oxygen atoms in total. The SMILES string of the molecule is Cc1ccc(-c2ccc(S(=O)(=O)N3CCCCC3C)cc2)cc1[N+](=O)[O-]. The molecule has 0 spiro atoms. The number of hydrogen-bond donors (Lipinski definition) is 0. The second-order valence-electron chi connectivity index (χ2n) is 6.74. The van der Waals surface area contributed by atoms with Gasteiger partial charge in [-0.2, -0.15) is 4.31 Å². The summed E-state index contributed by atoms with van der Waals surface area (Å²) in [6, 6.07) is 11.6. The molecule has 0 saturated carbocycles. The molecule has 138 valence electrons. The van der Waals surface area contributed by atoms with E-state index < -0.39 is 14.9 Å². The summed E-state index contributed by atoms with van der Waals surface area (Å²) in [5, 5.41) is 11.1.